The molecule has 28 heavy (non-hydrogen) atoms. The first-order valence-electron chi connectivity index (χ1n) is 9.48. The number of likely N-dealkylation sites (tertiary alicyclic amines) is 1. The van der Waals surface area contributed by atoms with E-state index >= 15 is 0 Å². The zero-order valence-electron chi connectivity index (χ0n) is 16.1. The van der Waals surface area contributed by atoms with Gasteiger partial charge < -0.3 is 24.7 Å². The Hall–Kier alpha value is -2.61. The third-order valence-electron chi connectivity index (χ3n) is 5.71. The third kappa shape index (κ3) is 3.32. The van der Waals surface area contributed by atoms with E-state index in [2.05, 4.69) is 6.58 Å². The molecule has 0 aliphatic carbocycles. The van der Waals surface area contributed by atoms with Crippen LogP contribution >= 0.6 is 0 Å². The molecule has 0 unspecified atom stereocenters. The molecule has 0 aromatic carbocycles. The smallest absolute Gasteiger partial charge is 0.410 e. The molecular weight excluding hydrogens is 364 g/mol. The lowest BCUT2D eigenvalue weighted by Gasteiger charge is -2.44. The predicted octanol–water partition coefficient (Wildman–Crippen LogP) is 1.67. The van der Waals surface area contributed by atoms with Crippen LogP contribution in [0.4, 0.5) is 4.79 Å². The maximum Gasteiger partial charge on any atom is 0.410 e. The zero-order chi connectivity index (χ0) is 20.6. The van der Waals surface area contributed by atoms with Gasteiger partial charge in [0.2, 0.25) is 5.91 Å². The number of carbonyl (C=O) groups excluding carboxylic acids is 2. The zero-order valence-corrected chi connectivity index (χ0v) is 16.1. The summed E-state index contributed by atoms with van der Waals surface area (Å²) in [5.41, 5.74) is 1.30. The minimum absolute atomic E-state index is 0.0144. The second kappa shape index (κ2) is 7.79. The minimum Gasteiger partial charge on any atom is -0.477 e. The number of fused-ring (bicyclic) bond motifs is 1. The van der Waals surface area contributed by atoms with Crippen molar-refractivity contribution in [1.82, 2.24) is 9.80 Å². The van der Waals surface area contributed by atoms with Crippen molar-refractivity contribution in [3.05, 3.63) is 35.6 Å². The van der Waals surface area contributed by atoms with Gasteiger partial charge in [-0.3, -0.25) is 4.79 Å². The molecule has 8 heteroatoms. The number of aliphatic hydroxyl groups is 1. The van der Waals surface area contributed by atoms with Crippen molar-refractivity contribution in [2.45, 2.75) is 51.3 Å². The number of carboxylic acids is 1. The Morgan fingerprint density at radius 1 is 1.43 bits per heavy atom. The summed E-state index contributed by atoms with van der Waals surface area (Å²) in [4.78, 5) is 39.3. The van der Waals surface area contributed by atoms with Crippen LogP contribution in [0.25, 0.3) is 0 Å². The first-order chi connectivity index (χ1) is 13.3. The molecule has 0 saturated carbocycles. The van der Waals surface area contributed by atoms with Gasteiger partial charge in [0.25, 0.3) is 0 Å². The number of ether oxygens (including phenoxy) is 1. The van der Waals surface area contributed by atoms with E-state index in [1.165, 1.54) is 11.0 Å². The highest BCUT2D eigenvalue weighted by Crippen LogP contribution is 2.45. The molecule has 0 radical (unpaired) electrons. The molecule has 152 valence electrons. The number of nitrogens with zero attached hydrogens (tertiary/aromatic N) is 2. The van der Waals surface area contributed by atoms with Crippen LogP contribution in [0.1, 0.15) is 33.1 Å². The monoisotopic (exact) mass is 390 g/mol. The molecule has 3 heterocycles. The lowest BCUT2D eigenvalue weighted by atomic mass is 9.82. The van der Waals surface area contributed by atoms with Crippen molar-refractivity contribution in [2.24, 2.45) is 5.92 Å². The first kappa shape index (κ1) is 20.1. The molecule has 3 aliphatic heterocycles. The highest BCUT2D eigenvalue weighted by atomic mass is 16.6. The number of β-lactam (4-membered cyclic amide) rings is 1. The summed E-state index contributed by atoms with van der Waals surface area (Å²) < 4.78 is 5.12. The van der Waals surface area contributed by atoms with Crippen LogP contribution in [0, 0.1) is 5.92 Å². The van der Waals surface area contributed by atoms with Gasteiger partial charge in [0.15, 0.2) is 0 Å². The maximum absolute atomic E-state index is 12.3. The molecule has 8 nitrogen and oxygen atoms in total. The summed E-state index contributed by atoms with van der Waals surface area (Å²) in [5, 5.41) is 19.5. The van der Waals surface area contributed by atoms with Crippen molar-refractivity contribution >= 4 is 18.0 Å². The van der Waals surface area contributed by atoms with Crippen LogP contribution in [0.3, 0.4) is 0 Å². The van der Waals surface area contributed by atoms with Gasteiger partial charge in [0, 0.05) is 6.54 Å². The SMILES string of the molecule is C=CCOC(=O)N1CCC[C@H]1/C=C(\C)C1=C(C(=O)O)N2C(=O)[C@H]([C@@H](C)O)[C@H]2C1. The van der Waals surface area contributed by atoms with Gasteiger partial charge in [0.1, 0.15) is 12.3 Å². The van der Waals surface area contributed by atoms with E-state index in [4.69, 9.17) is 4.74 Å². The van der Waals surface area contributed by atoms with Crippen molar-refractivity contribution in [2.75, 3.05) is 13.2 Å². The number of amides is 2. The van der Waals surface area contributed by atoms with Gasteiger partial charge in [-0.25, -0.2) is 9.59 Å². The lowest BCUT2D eigenvalue weighted by Crippen LogP contribution is -2.61. The van der Waals surface area contributed by atoms with Crippen LogP contribution in [0.15, 0.2) is 35.6 Å². The normalized spacial score (nSPS) is 28.2. The van der Waals surface area contributed by atoms with Gasteiger partial charge in [-0.2, -0.15) is 0 Å². The molecule has 3 rings (SSSR count). The van der Waals surface area contributed by atoms with E-state index in [0.717, 1.165) is 18.4 Å². The fraction of sp³-hybridized carbons (Fsp3) is 0.550. The van der Waals surface area contributed by atoms with Gasteiger partial charge >= 0.3 is 12.1 Å². The maximum atomic E-state index is 12.3. The minimum atomic E-state index is -1.16. The number of hydrogen-bond donors (Lipinski definition) is 2. The standard InChI is InChI=1S/C20H26N2O6/c1-4-8-28-20(27)21-7-5-6-13(21)9-11(2)14-10-15-16(12(3)23)18(24)22(15)17(14)19(25)26/h4,9,12-13,15-16,23H,1,5-8,10H2,2-3H3,(H,25,26)/b11-9+/t12-,13+,15-,16-/m1/s1. The second-order valence-corrected chi connectivity index (χ2v) is 7.50. The highest BCUT2D eigenvalue weighted by molar-refractivity contribution is 6.00. The molecule has 2 fully saturated rings. The molecule has 2 saturated heterocycles. The van der Waals surface area contributed by atoms with Crippen molar-refractivity contribution in [3.63, 3.8) is 0 Å². The summed E-state index contributed by atoms with van der Waals surface area (Å²) in [6.07, 6.45) is 4.13. The van der Waals surface area contributed by atoms with Gasteiger partial charge in [0.05, 0.1) is 24.1 Å². The molecule has 2 amide bonds. The lowest BCUT2D eigenvalue weighted by molar-refractivity contribution is -0.161. The Morgan fingerprint density at radius 3 is 2.75 bits per heavy atom. The third-order valence-corrected chi connectivity index (χ3v) is 5.71. The largest absolute Gasteiger partial charge is 0.477 e. The van der Waals surface area contributed by atoms with Gasteiger partial charge in [-0.1, -0.05) is 18.7 Å². The summed E-state index contributed by atoms with van der Waals surface area (Å²) in [5.74, 6) is -2.08. The van der Waals surface area contributed by atoms with Crippen LogP contribution in [-0.2, 0) is 14.3 Å². The summed E-state index contributed by atoms with van der Waals surface area (Å²) in [7, 11) is 0. The number of allylic oxidation sites excluding steroid dienone is 1. The number of aliphatic hydroxyl groups excluding tert-OH is 1. The molecular formula is C20H26N2O6. The summed E-state index contributed by atoms with van der Waals surface area (Å²) in [6, 6.07) is -0.509. The molecule has 3 aliphatic rings. The second-order valence-electron chi connectivity index (χ2n) is 7.50. The predicted molar refractivity (Wildman–Crippen MR) is 100 cm³/mol. The first-order valence-corrected chi connectivity index (χ1v) is 9.48. The van der Waals surface area contributed by atoms with E-state index in [1.54, 1.807) is 18.7 Å². The highest BCUT2D eigenvalue weighted by Gasteiger charge is 2.56. The molecule has 4 atom stereocenters. The van der Waals surface area contributed by atoms with Crippen LogP contribution in [0.2, 0.25) is 0 Å². The van der Waals surface area contributed by atoms with Gasteiger partial charge in [-0.15, -0.1) is 0 Å². The van der Waals surface area contributed by atoms with Crippen molar-refractivity contribution in [1.29, 1.82) is 0 Å². The van der Waals surface area contributed by atoms with Gasteiger partial charge in [-0.05, 0) is 44.3 Å². The average Bonchev–Trinajstić information content (AvgIpc) is 3.21. The van der Waals surface area contributed by atoms with E-state index in [9.17, 15) is 24.6 Å². The molecule has 0 spiro atoms. The number of hydrogen-bond acceptors (Lipinski definition) is 5. The average molecular weight is 390 g/mol. The topological polar surface area (TPSA) is 107 Å². The summed E-state index contributed by atoms with van der Waals surface area (Å²) >= 11 is 0. The number of aliphatic carboxylic acids is 1. The van der Waals surface area contributed by atoms with Crippen LogP contribution in [-0.4, -0.2) is 69.3 Å². The van der Waals surface area contributed by atoms with Crippen LogP contribution < -0.4 is 0 Å². The summed E-state index contributed by atoms with van der Waals surface area (Å²) in [6.45, 7) is 7.59. The Morgan fingerprint density at radius 2 is 2.14 bits per heavy atom. The fourth-order valence-corrected chi connectivity index (χ4v) is 4.41. The van der Waals surface area contributed by atoms with E-state index in [1.807, 2.05) is 6.08 Å². The number of rotatable bonds is 6. The molecule has 0 bridgehead atoms. The van der Waals surface area contributed by atoms with E-state index in [-0.39, 0.29) is 30.3 Å². The van der Waals surface area contributed by atoms with Crippen LogP contribution in [0.5, 0.6) is 0 Å². The Balaban J connectivity index is 1.84. The number of carbonyl (C=O) groups is 3. The van der Waals surface area contributed by atoms with Crippen molar-refractivity contribution < 1.29 is 29.3 Å². The van der Waals surface area contributed by atoms with Crippen molar-refractivity contribution in [3.8, 4) is 0 Å². The van der Waals surface area contributed by atoms with E-state index < -0.39 is 24.1 Å². The molecule has 0 aromatic rings. The fourth-order valence-electron chi connectivity index (χ4n) is 4.41. The molecule has 0 aromatic heterocycles. The Kier molecular flexibility index (Phi) is 5.60. The quantitative estimate of drug-likeness (QED) is 0.528. The Labute approximate surface area is 163 Å². The number of carboxylic acid groups (broad SMARTS) is 1. The Bertz CT molecular complexity index is 769. The molecule has 2 N–H and O–H groups in total. The van der Waals surface area contributed by atoms with E-state index in [0.29, 0.717) is 18.5 Å².